The lowest BCUT2D eigenvalue weighted by atomic mass is 10.0. The van der Waals surface area contributed by atoms with Crippen LogP contribution in [0.2, 0.25) is 0 Å². The fourth-order valence-corrected chi connectivity index (χ4v) is 2.65. The number of halogens is 4. The monoisotopic (exact) mass is 361 g/mol. The number of imidazole rings is 1. The van der Waals surface area contributed by atoms with E-state index in [2.05, 4.69) is 26.2 Å². The summed E-state index contributed by atoms with van der Waals surface area (Å²) in [6, 6.07) is 3.42. The average molecular weight is 362 g/mol. The molecule has 0 fully saturated rings. The largest absolute Gasteiger partial charge is 0.416 e. The summed E-state index contributed by atoms with van der Waals surface area (Å²) in [4.78, 5) is 4.22. The summed E-state index contributed by atoms with van der Waals surface area (Å²) in [6.45, 7) is 0. The van der Waals surface area contributed by atoms with Crippen molar-refractivity contribution in [1.29, 1.82) is 0 Å². The van der Waals surface area contributed by atoms with Gasteiger partial charge in [-0.15, -0.1) is 0 Å². The first-order valence-corrected chi connectivity index (χ1v) is 7.12. The summed E-state index contributed by atoms with van der Waals surface area (Å²) in [5, 5.41) is 3.05. The van der Waals surface area contributed by atoms with Crippen LogP contribution < -0.4 is 5.32 Å². The fourth-order valence-electron chi connectivity index (χ4n) is 2.13. The van der Waals surface area contributed by atoms with Gasteiger partial charge in [-0.2, -0.15) is 13.2 Å². The Labute approximate surface area is 129 Å². The third kappa shape index (κ3) is 3.65. The van der Waals surface area contributed by atoms with E-state index >= 15 is 0 Å². The molecule has 1 aromatic heterocycles. The Morgan fingerprint density at radius 2 is 2.10 bits per heavy atom. The van der Waals surface area contributed by atoms with E-state index in [0.29, 0.717) is 16.5 Å². The van der Waals surface area contributed by atoms with E-state index in [0.717, 1.165) is 11.9 Å². The second-order valence-electron chi connectivity index (χ2n) is 4.73. The van der Waals surface area contributed by atoms with Gasteiger partial charge in [0.2, 0.25) is 0 Å². The number of rotatable bonds is 4. The van der Waals surface area contributed by atoms with Gasteiger partial charge in [-0.1, -0.05) is 15.9 Å². The second kappa shape index (κ2) is 6.19. The molecular weight excluding hydrogens is 347 g/mol. The molecule has 1 unspecified atom stereocenters. The summed E-state index contributed by atoms with van der Waals surface area (Å²) in [5.74, 6) is 0.804. The molecule has 1 atom stereocenters. The van der Waals surface area contributed by atoms with Crippen LogP contribution in [0.25, 0.3) is 0 Å². The fraction of sp³-hybridized carbons (Fsp3) is 0.357. The molecule has 0 amide bonds. The van der Waals surface area contributed by atoms with Crippen LogP contribution in [0.5, 0.6) is 0 Å². The highest BCUT2D eigenvalue weighted by molar-refractivity contribution is 9.10. The molecule has 2 rings (SSSR count). The molecule has 0 aliphatic heterocycles. The van der Waals surface area contributed by atoms with Crippen molar-refractivity contribution < 1.29 is 13.2 Å². The normalized spacial score (nSPS) is 13.4. The lowest BCUT2D eigenvalue weighted by molar-refractivity contribution is -0.137. The van der Waals surface area contributed by atoms with Crippen molar-refractivity contribution in [3.8, 4) is 0 Å². The molecule has 0 radical (unpaired) electrons. The lowest BCUT2D eigenvalue weighted by Crippen LogP contribution is -2.21. The van der Waals surface area contributed by atoms with Crippen molar-refractivity contribution in [2.45, 2.75) is 18.6 Å². The number of nitrogens with one attached hydrogen (secondary N) is 1. The molecule has 0 aliphatic carbocycles. The number of likely N-dealkylation sites (N-methyl/N-ethyl adjacent to an activating group) is 1. The Morgan fingerprint density at radius 1 is 1.38 bits per heavy atom. The molecule has 0 saturated heterocycles. The van der Waals surface area contributed by atoms with Crippen molar-refractivity contribution in [2.24, 2.45) is 7.05 Å². The minimum atomic E-state index is -4.35. The van der Waals surface area contributed by atoms with Gasteiger partial charge in [0.05, 0.1) is 5.56 Å². The van der Waals surface area contributed by atoms with Gasteiger partial charge in [0.25, 0.3) is 0 Å². The molecule has 2 aromatic rings. The molecule has 114 valence electrons. The van der Waals surface area contributed by atoms with Crippen LogP contribution in [0.15, 0.2) is 35.1 Å². The molecule has 0 spiro atoms. The molecular formula is C14H15BrF3N3. The van der Waals surface area contributed by atoms with E-state index in [9.17, 15) is 13.2 Å². The van der Waals surface area contributed by atoms with E-state index in [1.54, 1.807) is 13.2 Å². The minimum Gasteiger partial charge on any atom is -0.338 e. The smallest absolute Gasteiger partial charge is 0.338 e. The summed E-state index contributed by atoms with van der Waals surface area (Å²) >= 11 is 3.33. The molecule has 0 saturated carbocycles. The maximum Gasteiger partial charge on any atom is 0.416 e. The first kappa shape index (κ1) is 16.0. The second-order valence-corrected chi connectivity index (χ2v) is 5.59. The molecule has 1 heterocycles. The Morgan fingerprint density at radius 3 is 2.62 bits per heavy atom. The number of alkyl halides is 3. The average Bonchev–Trinajstić information content (AvgIpc) is 2.81. The van der Waals surface area contributed by atoms with Crippen LogP contribution in [-0.4, -0.2) is 16.6 Å². The van der Waals surface area contributed by atoms with Gasteiger partial charge in [-0.05, 0) is 30.8 Å². The van der Waals surface area contributed by atoms with E-state index in [1.807, 2.05) is 17.8 Å². The van der Waals surface area contributed by atoms with Crippen LogP contribution in [-0.2, 0) is 19.6 Å². The summed E-state index contributed by atoms with van der Waals surface area (Å²) in [6.07, 6.45) is -0.372. The zero-order valence-electron chi connectivity index (χ0n) is 11.6. The predicted octanol–water partition coefficient (Wildman–Crippen LogP) is 3.70. The number of hydrogen-bond donors (Lipinski definition) is 1. The summed E-state index contributed by atoms with van der Waals surface area (Å²) in [7, 11) is 3.58. The first-order chi connectivity index (χ1) is 9.82. The SMILES string of the molecule is CNC(Cc1nccn1C)c1cc(C(F)(F)F)ccc1Br. The quantitative estimate of drug-likeness (QED) is 0.899. The van der Waals surface area contributed by atoms with Gasteiger partial charge < -0.3 is 9.88 Å². The van der Waals surface area contributed by atoms with Crippen LogP contribution in [0.3, 0.4) is 0 Å². The van der Waals surface area contributed by atoms with Gasteiger partial charge in [-0.3, -0.25) is 0 Å². The van der Waals surface area contributed by atoms with Crippen LogP contribution in [0.4, 0.5) is 13.2 Å². The Bertz CT molecular complexity index is 622. The van der Waals surface area contributed by atoms with Gasteiger partial charge in [0, 0.05) is 36.4 Å². The number of nitrogens with zero attached hydrogens (tertiary/aromatic N) is 2. The highest BCUT2D eigenvalue weighted by Crippen LogP contribution is 2.34. The minimum absolute atomic E-state index is 0.261. The zero-order chi connectivity index (χ0) is 15.6. The number of aryl methyl sites for hydroxylation is 1. The van der Waals surface area contributed by atoms with E-state index in [4.69, 9.17) is 0 Å². The van der Waals surface area contributed by atoms with Gasteiger partial charge in [0.15, 0.2) is 0 Å². The lowest BCUT2D eigenvalue weighted by Gasteiger charge is -2.19. The Balaban J connectivity index is 2.35. The standard InChI is InChI=1S/C14H15BrF3N3/c1-19-12(8-13-20-5-6-21(13)2)10-7-9(14(16,17)18)3-4-11(10)15/h3-7,12,19H,8H2,1-2H3. The van der Waals surface area contributed by atoms with Crippen LogP contribution >= 0.6 is 15.9 Å². The molecule has 7 heteroatoms. The molecule has 1 N–H and O–H groups in total. The molecule has 0 aliphatic rings. The van der Waals surface area contributed by atoms with Gasteiger partial charge in [0.1, 0.15) is 5.82 Å². The Hall–Kier alpha value is -1.34. The predicted molar refractivity (Wildman–Crippen MR) is 77.9 cm³/mol. The summed E-state index contributed by atoms with van der Waals surface area (Å²) < 4.78 is 41.1. The van der Waals surface area contributed by atoms with Crippen LogP contribution in [0, 0.1) is 0 Å². The topological polar surface area (TPSA) is 29.9 Å². The highest BCUT2D eigenvalue weighted by Gasteiger charge is 2.31. The molecule has 3 nitrogen and oxygen atoms in total. The van der Waals surface area contributed by atoms with Crippen molar-refractivity contribution in [3.05, 3.63) is 52.0 Å². The Kier molecular flexibility index (Phi) is 4.73. The third-order valence-corrected chi connectivity index (χ3v) is 4.08. The van der Waals surface area contributed by atoms with Crippen LogP contribution in [0.1, 0.15) is 23.0 Å². The maximum absolute atomic E-state index is 12.9. The van der Waals surface area contributed by atoms with E-state index in [-0.39, 0.29) is 6.04 Å². The molecule has 0 bridgehead atoms. The van der Waals surface area contributed by atoms with Crippen molar-refractivity contribution >= 4 is 15.9 Å². The van der Waals surface area contributed by atoms with Gasteiger partial charge in [-0.25, -0.2) is 4.98 Å². The van der Waals surface area contributed by atoms with Gasteiger partial charge >= 0.3 is 6.18 Å². The molecule has 1 aromatic carbocycles. The van der Waals surface area contributed by atoms with E-state index in [1.165, 1.54) is 12.1 Å². The first-order valence-electron chi connectivity index (χ1n) is 6.33. The number of hydrogen-bond acceptors (Lipinski definition) is 2. The summed E-state index contributed by atoms with van der Waals surface area (Å²) in [5.41, 5.74) is -0.0869. The highest BCUT2D eigenvalue weighted by atomic mass is 79.9. The van der Waals surface area contributed by atoms with Crippen molar-refractivity contribution in [1.82, 2.24) is 14.9 Å². The van der Waals surface area contributed by atoms with Crippen molar-refractivity contribution in [2.75, 3.05) is 7.05 Å². The van der Waals surface area contributed by atoms with E-state index < -0.39 is 11.7 Å². The zero-order valence-corrected chi connectivity index (χ0v) is 13.2. The third-order valence-electron chi connectivity index (χ3n) is 3.35. The maximum atomic E-state index is 12.9. The van der Waals surface area contributed by atoms with Crippen molar-refractivity contribution in [3.63, 3.8) is 0 Å². The number of benzene rings is 1. The number of aromatic nitrogens is 2. The molecule has 21 heavy (non-hydrogen) atoms.